The molecule has 1 fully saturated rings. The zero-order valence-corrected chi connectivity index (χ0v) is 17.0. The zero-order chi connectivity index (χ0) is 20.7. The molecule has 2 heterocycles. The number of nitrogens with one attached hydrogen (secondary N) is 1. The number of carbonyl (C=O) groups is 2. The number of aryl methyl sites for hydroxylation is 2. The summed E-state index contributed by atoms with van der Waals surface area (Å²) in [4.78, 5) is 27.4. The van der Waals surface area contributed by atoms with Crippen molar-refractivity contribution in [3.63, 3.8) is 0 Å². The molecule has 0 spiro atoms. The van der Waals surface area contributed by atoms with Gasteiger partial charge in [-0.15, -0.1) is 0 Å². The predicted octanol–water partition coefficient (Wildman–Crippen LogP) is 3.66. The molecule has 30 heavy (non-hydrogen) atoms. The smallest absolute Gasteiger partial charge is 0.230 e. The molecule has 2 amide bonds. The zero-order valence-electron chi connectivity index (χ0n) is 17.0. The first-order valence-corrected chi connectivity index (χ1v) is 10.4. The van der Waals surface area contributed by atoms with E-state index in [0.29, 0.717) is 6.54 Å². The Bertz CT molecular complexity index is 1100. The van der Waals surface area contributed by atoms with E-state index >= 15 is 0 Å². The van der Waals surface area contributed by atoms with Crippen molar-refractivity contribution in [2.45, 2.75) is 32.6 Å². The lowest BCUT2D eigenvalue weighted by molar-refractivity contribution is -0.122. The third kappa shape index (κ3) is 3.28. The summed E-state index contributed by atoms with van der Waals surface area (Å²) in [6.45, 7) is 2.41. The van der Waals surface area contributed by atoms with Gasteiger partial charge in [0.15, 0.2) is 0 Å². The first-order valence-electron chi connectivity index (χ1n) is 10.4. The molecule has 0 saturated carbocycles. The van der Waals surface area contributed by atoms with E-state index in [1.54, 1.807) is 4.90 Å². The summed E-state index contributed by atoms with van der Waals surface area (Å²) in [6, 6.07) is 17.7. The van der Waals surface area contributed by atoms with Gasteiger partial charge in [-0.1, -0.05) is 35.9 Å². The minimum absolute atomic E-state index is 0.0131. The van der Waals surface area contributed by atoms with E-state index in [4.69, 9.17) is 5.10 Å². The molecule has 1 unspecified atom stereocenters. The Balaban J connectivity index is 1.39. The summed E-state index contributed by atoms with van der Waals surface area (Å²) < 4.78 is 1.83. The fourth-order valence-corrected chi connectivity index (χ4v) is 4.35. The fraction of sp³-hybridized carbons (Fsp3) is 0.292. The van der Waals surface area contributed by atoms with Gasteiger partial charge in [-0.05, 0) is 50.5 Å². The molecule has 6 nitrogen and oxygen atoms in total. The molecule has 152 valence electrons. The second kappa shape index (κ2) is 7.44. The first-order chi connectivity index (χ1) is 14.6. The van der Waals surface area contributed by atoms with Crippen LogP contribution in [0.5, 0.6) is 0 Å². The van der Waals surface area contributed by atoms with Crippen LogP contribution in [0.4, 0.5) is 11.5 Å². The van der Waals surface area contributed by atoms with Crippen molar-refractivity contribution in [3.05, 3.63) is 71.4 Å². The Labute approximate surface area is 175 Å². The maximum Gasteiger partial charge on any atom is 0.230 e. The van der Waals surface area contributed by atoms with Gasteiger partial charge >= 0.3 is 0 Å². The van der Waals surface area contributed by atoms with Crippen molar-refractivity contribution in [2.75, 3.05) is 16.8 Å². The van der Waals surface area contributed by atoms with Gasteiger partial charge in [0.1, 0.15) is 5.82 Å². The van der Waals surface area contributed by atoms with Gasteiger partial charge in [-0.3, -0.25) is 9.59 Å². The lowest BCUT2D eigenvalue weighted by Crippen LogP contribution is -2.28. The van der Waals surface area contributed by atoms with Gasteiger partial charge in [0, 0.05) is 24.2 Å². The van der Waals surface area contributed by atoms with E-state index in [1.165, 1.54) is 0 Å². The SMILES string of the molecule is Cc1ccc(N2CC(C(=O)Nc3c4c(nn3-c3ccccc3)CCC4)CC2=O)cc1. The topological polar surface area (TPSA) is 67.2 Å². The van der Waals surface area contributed by atoms with Crippen LogP contribution in [0.25, 0.3) is 5.69 Å². The molecule has 5 rings (SSSR count). The third-order valence-electron chi connectivity index (χ3n) is 5.99. The second-order valence-electron chi connectivity index (χ2n) is 8.10. The second-order valence-corrected chi connectivity index (χ2v) is 8.10. The lowest BCUT2D eigenvalue weighted by atomic mass is 10.1. The van der Waals surface area contributed by atoms with E-state index in [-0.39, 0.29) is 24.2 Å². The highest BCUT2D eigenvalue weighted by Crippen LogP contribution is 2.32. The van der Waals surface area contributed by atoms with Crippen molar-refractivity contribution < 1.29 is 9.59 Å². The lowest BCUT2D eigenvalue weighted by Gasteiger charge is -2.17. The summed E-state index contributed by atoms with van der Waals surface area (Å²) in [5.41, 5.74) is 5.08. The quantitative estimate of drug-likeness (QED) is 0.727. The van der Waals surface area contributed by atoms with Crippen LogP contribution < -0.4 is 10.2 Å². The minimum atomic E-state index is -0.380. The maximum absolute atomic E-state index is 13.1. The highest BCUT2D eigenvalue weighted by Gasteiger charge is 2.36. The van der Waals surface area contributed by atoms with Gasteiger partial charge in [-0.25, -0.2) is 4.68 Å². The number of nitrogens with zero attached hydrogens (tertiary/aromatic N) is 3. The number of anilines is 2. The van der Waals surface area contributed by atoms with Crippen molar-refractivity contribution >= 4 is 23.3 Å². The van der Waals surface area contributed by atoms with Gasteiger partial charge in [-0.2, -0.15) is 5.10 Å². The van der Waals surface area contributed by atoms with Crippen LogP contribution in [0.2, 0.25) is 0 Å². The van der Waals surface area contributed by atoms with E-state index in [1.807, 2.05) is 66.2 Å². The maximum atomic E-state index is 13.1. The Kier molecular flexibility index (Phi) is 4.62. The van der Waals surface area contributed by atoms with Gasteiger partial charge in [0.05, 0.1) is 17.3 Å². The monoisotopic (exact) mass is 400 g/mol. The van der Waals surface area contributed by atoms with Crippen LogP contribution in [0.15, 0.2) is 54.6 Å². The third-order valence-corrected chi connectivity index (χ3v) is 5.99. The van der Waals surface area contributed by atoms with Crippen molar-refractivity contribution in [3.8, 4) is 5.69 Å². The molecule has 2 aliphatic rings. The average molecular weight is 400 g/mol. The molecule has 0 bridgehead atoms. The number of carbonyl (C=O) groups excluding carboxylic acids is 2. The molecule has 3 aromatic rings. The molecule has 1 saturated heterocycles. The number of aromatic nitrogens is 2. The highest BCUT2D eigenvalue weighted by molar-refractivity contribution is 6.03. The largest absolute Gasteiger partial charge is 0.312 e. The summed E-state index contributed by atoms with van der Waals surface area (Å²) in [6.07, 6.45) is 3.12. The van der Waals surface area contributed by atoms with Crippen LogP contribution in [0.3, 0.4) is 0 Å². The normalized spacial score (nSPS) is 18.0. The summed E-state index contributed by atoms with van der Waals surface area (Å²) in [5.74, 6) is 0.237. The van der Waals surface area contributed by atoms with Gasteiger partial charge in [0.2, 0.25) is 11.8 Å². The van der Waals surface area contributed by atoms with Crippen LogP contribution in [0.1, 0.15) is 29.7 Å². The van der Waals surface area contributed by atoms with Crippen LogP contribution >= 0.6 is 0 Å². The highest BCUT2D eigenvalue weighted by atomic mass is 16.2. The molecule has 0 radical (unpaired) electrons. The number of hydrogen-bond acceptors (Lipinski definition) is 3. The van der Waals surface area contributed by atoms with E-state index in [9.17, 15) is 9.59 Å². The number of fused-ring (bicyclic) bond motifs is 1. The summed E-state index contributed by atoms with van der Waals surface area (Å²) >= 11 is 0. The van der Waals surface area contributed by atoms with Crippen LogP contribution in [-0.4, -0.2) is 28.1 Å². The molecule has 1 aromatic heterocycles. The molecule has 6 heteroatoms. The van der Waals surface area contributed by atoms with Crippen LogP contribution in [0, 0.1) is 12.8 Å². The van der Waals surface area contributed by atoms with Gasteiger partial charge < -0.3 is 10.2 Å². The molecule has 1 aliphatic heterocycles. The first kappa shape index (κ1) is 18.6. The number of hydrogen-bond donors (Lipinski definition) is 1. The molecular formula is C24H24N4O2. The van der Waals surface area contributed by atoms with E-state index in [2.05, 4.69) is 5.32 Å². The molecule has 1 aliphatic carbocycles. The Hall–Kier alpha value is -3.41. The molecule has 1 N–H and O–H groups in total. The van der Waals surface area contributed by atoms with Crippen molar-refractivity contribution in [1.82, 2.24) is 9.78 Å². The molecule has 1 atom stereocenters. The Morgan fingerprint density at radius 1 is 1.03 bits per heavy atom. The number of para-hydroxylation sites is 1. The number of benzene rings is 2. The Morgan fingerprint density at radius 3 is 2.57 bits per heavy atom. The fourth-order valence-electron chi connectivity index (χ4n) is 4.35. The van der Waals surface area contributed by atoms with Crippen LogP contribution in [-0.2, 0) is 22.4 Å². The summed E-state index contributed by atoms with van der Waals surface area (Å²) in [7, 11) is 0. The van der Waals surface area contributed by atoms with E-state index < -0.39 is 0 Å². The minimum Gasteiger partial charge on any atom is -0.312 e. The number of amides is 2. The number of rotatable bonds is 4. The van der Waals surface area contributed by atoms with E-state index in [0.717, 1.165) is 53.3 Å². The average Bonchev–Trinajstić information content (AvgIpc) is 3.45. The molecular weight excluding hydrogens is 376 g/mol. The van der Waals surface area contributed by atoms with Crippen molar-refractivity contribution in [1.29, 1.82) is 0 Å². The summed E-state index contributed by atoms with van der Waals surface area (Å²) in [5, 5.41) is 7.87. The Morgan fingerprint density at radius 2 is 1.80 bits per heavy atom. The van der Waals surface area contributed by atoms with Gasteiger partial charge in [0.25, 0.3) is 0 Å². The van der Waals surface area contributed by atoms with Crippen molar-refractivity contribution in [2.24, 2.45) is 5.92 Å². The predicted molar refractivity (Wildman–Crippen MR) is 116 cm³/mol. The molecule has 2 aromatic carbocycles. The standard InChI is InChI=1S/C24H24N4O2/c1-16-10-12-18(13-11-16)27-15-17(14-22(27)29)24(30)25-23-20-8-5-9-21(20)26-28(23)19-6-3-2-4-7-19/h2-4,6-7,10-13,17H,5,8-9,14-15H2,1H3,(H,25,30).